The molecule has 0 atom stereocenters. The fraction of sp³-hybridized carbons (Fsp3) is 0.814. The normalized spacial score (nSPS) is 19.8. The Morgan fingerprint density at radius 3 is 1.31 bits per heavy atom. The molecule has 6 nitrogen and oxygen atoms in total. The third-order valence-corrected chi connectivity index (χ3v) is 10.6. The van der Waals surface area contributed by atoms with Gasteiger partial charge in [0.25, 0.3) is 11.8 Å². The number of benzene rings is 1. The van der Waals surface area contributed by atoms with E-state index in [1.807, 2.05) is 0 Å². The van der Waals surface area contributed by atoms with Gasteiger partial charge in [-0.2, -0.15) is 0 Å². The van der Waals surface area contributed by atoms with E-state index in [4.69, 9.17) is 4.74 Å². The first-order chi connectivity index (χ1) is 21.5. The summed E-state index contributed by atoms with van der Waals surface area (Å²) in [6.45, 7) is 35.0. The van der Waals surface area contributed by atoms with E-state index in [-0.39, 0.29) is 32.1 Å². The second kappa shape index (κ2) is 19.7. The molecule has 0 bridgehead atoms. The molecule has 0 aliphatic carbocycles. The zero-order valence-electron chi connectivity index (χ0n) is 33.1. The number of rotatable bonds is 2. The van der Waals surface area contributed by atoms with E-state index in [2.05, 4.69) is 107 Å². The number of hydrogen-bond donors (Lipinski definition) is 0. The second-order valence-electron chi connectivity index (χ2n) is 19.1. The monoisotopic (exact) mass is 688 g/mol. The minimum absolute atomic E-state index is 0. The molecule has 4 aliphatic rings. The maximum absolute atomic E-state index is 12.0. The summed E-state index contributed by atoms with van der Waals surface area (Å²) in [6, 6.07) is 7.01. The molecule has 0 spiro atoms. The zero-order valence-corrected chi connectivity index (χ0v) is 33.1. The molecule has 0 N–H and O–H groups in total. The molecule has 0 unspecified atom stereocenters. The first kappa shape index (κ1) is 47.2. The van der Waals surface area contributed by atoms with Crippen molar-refractivity contribution in [2.24, 2.45) is 39.4 Å². The molecule has 1 aromatic rings. The summed E-state index contributed by atoms with van der Waals surface area (Å²) in [5.74, 6) is 2.44. The van der Waals surface area contributed by atoms with Gasteiger partial charge in [0, 0.05) is 32.8 Å². The zero-order chi connectivity index (χ0) is 35.8. The largest absolute Gasteiger partial charge is 0.381 e. The van der Waals surface area contributed by atoms with Crippen LogP contribution in [0.4, 0.5) is 0 Å². The highest BCUT2D eigenvalue weighted by atomic mass is 16.5. The van der Waals surface area contributed by atoms with Gasteiger partial charge in [0.15, 0.2) is 0 Å². The van der Waals surface area contributed by atoms with Crippen LogP contribution in [0.3, 0.4) is 0 Å². The lowest BCUT2D eigenvalue weighted by molar-refractivity contribution is 0.0286. The molecular formula is C43H81N3O3. The predicted octanol–water partition coefficient (Wildman–Crippen LogP) is 10.4. The Balaban J connectivity index is 0.000000640. The van der Waals surface area contributed by atoms with Crippen molar-refractivity contribution in [3.63, 3.8) is 0 Å². The Morgan fingerprint density at radius 2 is 1.00 bits per heavy atom. The number of amides is 2. The van der Waals surface area contributed by atoms with E-state index < -0.39 is 0 Å². The smallest absolute Gasteiger partial charge is 0.261 e. The quantitative estimate of drug-likeness (QED) is 0.290. The van der Waals surface area contributed by atoms with Crippen LogP contribution in [0.5, 0.6) is 0 Å². The number of imide groups is 1. The van der Waals surface area contributed by atoms with Crippen LogP contribution in [0, 0.1) is 39.4 Å². The van der Waals surface area contributed by atoms with E-state index in [9.17, 15) is 9.59 Å². The number of ether oxygens (including phenoxy) is 1. The molecule has 49 heavy (non-hydrogen) atoms. The van der Waals surface area contributed by atoms with Gasteiger partial charge in [0.05, 0.1) is 11.1 Å². The van der Waals surface area contributed by atoms with Gasteiger partial charge in [0.2, 0.25) is 0 Å². The van der Waals surface area contributed by atoms with Crippen LogP contribution >= 0.6 is 0 Å². The summed E-state index contributed by atoms with van der Waals surface area (Å²) in [7, 11) is 4.40. The van der Waals surface area contributed by atoms with Crippen molar-refractivity contribution < 1.29 is 14.3 Å². The molecule has 286 valence electrons. The second-order valence-corrected chi connectivity index (χ2v) is 19.1. The average Bonchev–Trinajstić information content (AvgIpc) is 3.19. The number of carbonyl (C=O) groups is 2. The summed E-state index contributed by atoms with van der Waals surface area (Å²) < 4.78 is 5.29. The lowest BCUT2D eigenvalue weighted by Crippen LogP contribution is -2.49. The van der Waals surface area contributed by atoms with Gasteiger partial charge in [-0.3, -0.25) is 14.5 Å². The van der Waals surface area contributed by atoms with Gasteiger partial charge in [-0.25, -0.2) is 0 Å². The lowest BCUT2D eigenvalue weighted by Gasteiger charge is -2.44. The van der Waals surface area contributed by atoms with Crippen molar-refractivity contribution in [1.29, 1.82) is 0 Å². The van der Waals surface area contributed by atoms with Crippen LogP contribution in [0.2, 0.25) is 0 Å². The molecule has 3 fully saturated rings. The van der Waals surface area contributed by atoms with Gasteiger partial charge in [0.1, 0.15) is 0 Å². The number of fused-ring (bicyclic) bond motifs is 1. The van der Waals surface area contributed by atoms with Crippen molar-refractivity contribution >= 4 is 11.8 Å². The fourth-order valence-corrected chi connectivity index (χ4v) is 6.57. The molecule has 0 radical (unpaired) electrons. The average molecular weight is 688 g/mol. The van der Waals surface area contributed by atoms with Gasteiger partial charge in [-0.1, -0.05) is 110 Å². The van der Waals surface area contributed by atoms with Crippen LogP contribution < -0.4 is 0 Å². The predicted molar refractivity (Wildman–Crippen MR) is 212 cm³/mol. The third kappa shape index (κ3) is 16.0. The van der Waals surface area contributed by atoms with E-state index in [1.165, 1.54) is 56.8 Å². The maximum atomic E-state index is 12.0. The number of carbonyl (C=O) groups excluding carboxylic acids is 2. The molecule has 2 amide bonds. The topological polar surface area (TPSA) is 53.1 Å². The summed E-state index contributed by atoms with van der Waals surface area (Å²) in [6.07, 6.45) is 6.10. The highest BCUT2D eigenvalue weighted by Gasteiger charge is 2.35. The van der Waals surface area contributed by atoms with Gasteiger partial charge in [-0.05, 0) is 111 Å². The van der Waals surface area contributed by atoms with E-state index in [1.54, 1.807) is 24.3 Å². The molecular weight excluding hydrogens is 606 g/mol. The first-order valence-electron chi connectivity index (χ1n) is 18.4. The molecule has 4 aliphatic heterocycles. The highest BCUT2D eigenvalue weighted by molar-refractivity contribution is 6.21. The summed E-state index contributed by atoms with van der Waals surface area (Å²) in [4.78, 5) is 30.2. The van der Waals surface area contributed by atoms with Gasteiger partial charge < -0.3 is 14.5 Å². The summed E-state index contributed by atoms with van der Waals surface area (Å²) >= 11 is 0. The molecule has 6 heteroatoms. The van der Waals surface area contributed by atoms with Crippen LogP contribution in [0.15, 0.2) is 24.3 Å². The van der Waals surface area contributed by atoms with Crippen molar-refractivity contribution in [3.8, 4) is 0 Å². The number of piperidine rings is 1. The molecule has 4 heterocycles. The van der Waals surface area contributed by atoms with E-state index in [0.717, 1.165) is 37.4 Å². The summed E-state index contributed by atoms with van der Waals surface area (Å²) in [5.41, 5.74) is 2.74. The Morgan fingerprint density at radius 1 is 0.612 bits per heavy atom. The molecule has 5 rings (SSSR count). The maximum Gasteiger partial charge on any atom is 0.261 e. The molecule has 0 saturated carbocycles. The standard InChI is InChI=1S/C14H17NO2.C10H21N.C9H18O.C8H17N.2CH4/c1-14(2,3)8-9-15-12(16)10-6-4-5-7-11(10)13(15)17;1-10(2,3)9-5-7-11(4)8-6-9;1-9(2,3)8-4-6-10-7-5-8;1-8(2,3)7-5-9(4)6-7;;/h4-7H,8-9H2,1-3H3;9H,5-8H2,1-4H3;8H,4-7H2,1-3H3;7H,5-6H2,1-4H3;2*1H4. The molecule has 0 aromatic heterocycles. The Kier molecular flexibility index (Phi) is 19.0. The van der Waals surface area contributed by atoms with Crippen molar-refractivity contribution in [2.75, 3.05) is 60.0 Å². The Hall–Kier alpha value is -1.76. The Bertz CT molecular complexity index is 1060. The highest BCUT2D eigenvalue weighted by Crippen LogP contribution is 2.35. The summed E-state index contributed by atoms with van der Waals surface area (Å²) in [5, 5.41) is 0. The van der Waals surface area contributed by atoms with Crippen LogP contribution in [-0.4, -0.2) is 86.5 Å². The van der Waals surface area contributed by atoms with E-state index in [0.29, 0.717) is 33.9 Å². The van der Waals surface area contributed by atoms with Crippen molar-refractivity contribution in [1.82, 2.24) is 14.7 Å². The third-order valence-electron chi connectivity index (χ3n) is 10.6. The minimum atomic E-state index is -0.158. The van der Waals surface area contributed by atoms with Crippen molar-refractivity contribution in [3.05, 3.63) is 35.4 Å². The fourth-order valence-electron chi connectivity index (χ4n) is 6.57. The van der Waals surface area contributed by atoms with Crippen LogP contribution in [-0.2, 0) is 4.74 Å². The molecule has 3 saturated heterocycles. The number of hydrogen-bond acceptors (Lipinski definition) is 5. The number of likely N-dealkylation sites (tertiary alicyclic amines) is 2. The van der Waals surface area contributed by atoms with E-state index >= 15 is 0 Å². The van der Waals surface area contributed by atoms with Crippen molar-refractivity contribution in [2.45, 2.75) is 130 Å². The lowest BCUT2D eigenvalue weighted by atomic mass is 9.75. The van der Waals surface area contributed by atoms with Crippen LogP contribution in [0.1, 0.15) is 151 Å². The minimum Gasteiger partial charge on any atom is -0.381 e. The van der Waals surface area contributed by atoms with Gasteiger partial charge >= 0.3 is 0 Å². The Labute approximate surface area is 305 Å². The van der Waals surface area contributed by atoms with Crippen LogP contribution in [0.25, 0.3) is 0 Å². The molecule has 1 aromatic carbocycles. The van der Waals surface area contributed by atoms with Gasteiger partial charge in [-0.15, -0.1) is 0 Å². The SMILES string of the molecule is C.C.CC(C)(C)C1CCOCC1.CC(C)(C)CCN1C(=O)c2ccccc2C1=O.CN1CC(C(C)(C)C)C1.CN1CCC(C(C)(C)C)CC1. The number of nitrogens with zero attached hydrogens (tertiary/aromatic N) is 3. The first-order valence-corrected chi connectivity index (χ1v) is 18.4.